The van der Waals surface area contributed by atoms with Crippen LogP contribution in [0.1, 0.15) is 19.4 Å². The van der Waals surface area contributed by atoms with Crippen LogP contribution in [-0.2, 0) is 14.9 Å². The second kappa shape index (κ2) is 6.68. The summed E-state index contributed by atoms with van der Waals surface area (Å²) in [5.41, 5.74) is 5.32. The van der Waals surface area contributed by atoms with Crippen LogP contribution in [0.15, 0.2) is 18.2 Å². The molecule has 0 saturated carbocycles. The zero-order chi connectivity index (χ0) is 16.2. The summed E-state index contributed by atoms with van der Waals surface area (Å²) in [6, 6.07) is 3.13. The van der Waals surface area contributed by atoms with Crippen LogP contribution in [-0.4, -0.2) is 25.6 Å². The zero-order valence-electron chi connectivity index (χ0n) is 11.2. The SMILES string of the molecule is CC(C)OC(=O)NS(=O)(=O)Nc1ccc(F)cc1C(N)=S. The van der Waals surface area contributed by atoms with E-state index in [0.717, 1.165) is 18.2 Å². The molecule has 0 spiro atoms. The third-order valence-corrected chi connectivity index (χ3v) is 3.20. The molecule has 0 aliphatic heterocycles. The van der Waals surface area contributed by atoms with Gasteiger partial charge in [0, 0.05) is 5.56 Å². The van der Waals surface area contributed by atoms with E-state index in [-0.39, 0.29) is 16.2 Å². The molecule has 0 saturated heterocycles. The van der Waals surface area contributed by atoms with Gasteiger partial charge in [0.2, 0.25) is 0 Å². The molecule has 116 valence electrons. The minimum atomic E-state index is -4.26. The first-order chi connectivity index (χ1) is 9.60. The highest BCUT2D eigenvalue weighted by molar-refractivity contribution is 7.91. The maximum absolute atomic E-state index is 13.1. The number of rotatable bonds is 5. The zero-order valence-corrected chi connectivity index (χ0v) is 12.8. The summed E-state index contributed by atoms with van der Waals surface area (Å²) < 4.78 is 44.9. The molecular weight excluding hydrogens is 321 g/mol. The van der Waals surface area contributed by atoms with Crippen LogP contribution in [0.5, 0.6) is 0 Å². The van der Waals surface area contributed by atoms with E-state index >= 15 is 0 Å². The van der Waals surface area contributed by atoms with Crippen molar-refractivity contribution in [2.45, 2.75) is 20.0 Å². The van der Waals surface area contributed by atoms with E-state index in [1.807, 2.05) is 4.72 Å². The molecular formula is C11H14FN3O4S2. The topological polar surface area (TPSA) is 111 Å². The summed E-state index contributed by atoms with van der Waals surface area (Å²) in [7, 11) is -4.26. The molecule has 1 aromatic carbocycles. The molecule has 0 unspecified atom stereocenters. The monoisotopic (exact) mass is 335 g/mol. The van der Waals surface area contributed by atoms with Crippen molar-refractivity contribution in [3.05, 3.63) is 29.6 Å². The normalized spacial score (nSPS) is 11.0. The lowest BCUT2D eigenvalue weighted by Gasteiger charge is -2.13. The second-order valence-corrected chi connectivity index (χ2v) is 6.07. The van der Waals surface area contributed by atoms with Gasteiger partial charge in [-0.15, -0.1) is 0 Å². The van der Waals surface area contributed by atoms with Crippen LogP contribution < -0.4 is 15.2 Å². The molecule has 0 fully saturated rings. The average Bonchev–Trinajstić information content (AvgIpc) is 2.28. The first kappa shape index (κ1) is 17.1. The Morgan fingerprint density at radius 2 is 2.05 bits per heavy atom. The van der Waals surface area contributed by atoms with Gasteiger partial charge in [0.25, 0.3) is 0 Å². The van der Waals surface area contributed by atoms with E-state index in [9.17, 15) is 17.6 Å². The highest BCUT2D eigenvalue weighted by atomic mass is 32.2. The van der Waals surface area contributed by atoms with Gasteiger partial charge in [0.05, 0.1) is 11.8 Å². The van der Waals surface area contributed by atoms with Crippen molar-refractivity contribution in [3.8, 4) is 0 Å². The predicted molar refractivity (Wildman–Crippen MR) is 79.6 cm³/mol. The number of halogens is 1. The largest absolute Gasteiger partial charge is 0.446 e. The summed E-state index contributed by atoms with van der Waals surface area (Å²) in [5.74, 6) is -0.632. The van der Waals surface area contributed by atoms with E-state index in [1.165, 1.54) is 0 Å². The first-order valence-corrected chi connectivity index (χ1v) is 7.60. The quantitative estimate of drug-likeness (QED) is 0.699. The number of ether oxygens (including phenoxy) is 1. The van der Waals surface area contributed by atoms with E-state index < -0.39 is 28.2 Å². The van der Waals surface area contributed by atoms with E-state index in [2.05, 4.69) is 4.74 Å². The number of benzene rings is 1. The van der Waals surface area contributed by atoms with Crippen molar-refractivity contribution in [1.29, 1.82) is 0 Å². The number of carbonyl (C=O) groups excluding carboxylic acids is 1. The van der Waals surface area contributed by atoms with Gasteiger partial charge in [-0.3, -0.25) is 4.72 Å². The number of hydrogen-bond donors (Lipinski definition) is 3. The van der Waals surface area contributed by atoms with Crippen molar-refractivity contribution < 1.29 is 22.3 Å². The minimum Gasteiger partial charge on any atom is -0.446 e. The molecule has 0 heterocycles. The smallest absolute Gasteiger partial charge is 0.422 e. The van der Waals surface area contributed by atoms with Crippen LogP contribution in [0.2, 0.25) is 0 Å². The van der Waals surface area contributed by atoms with Gasteiger partial charge in [-0.05, 0) is 32.0 Å². The number of amides is 1. The van der Waals surface area contributed by atoms with Gasteiger partial charge in [0.1, 0.15) is 10.8 Å². The maximum atomic E-state index is 13.1. The summed E-state index contributed by atoms with van der Waals surface area (Å²) in [6.45, 7) is 3.12. The number of carbonyl (C=O) groups is 1. The fourth-order valence-corrected chi connectivity index (χ4v) is 2.28. The van der Waals surface area contributed by atoms with Gasteiger partial charge in [-0.2, -0.15) is 8.42 Å². The van der Waals surface area contributed by atoms with Gasteiger partial charge in [-0.1, -0.05) is 12.2 Å². The predicted octanol–water partition coefficient (Wildman–Crippen LogP) is 1.25. The van der Waals surface area contributed by atoms with Crippen LogP contribution in [0.25, 0.3) is 0 Å². The van der Waals surface area contributed by atoms with E-state index in [4.69, 9.17) is 18.0 Å². The second-order valence-electron chi connectivity index (χ2n) is 4.22. The standard InChI is InChI=1S/C11H14FN3O4S2/c1-6(2)19-11(16)15-21(17,18)14-9-4-3-7(12)5-8(9)10(13)20/h3-6,14H,1-2H3,(H2,13,20)(H,15,16). The number of nitrogens with two attached hydrogens (primary N) is 1. The maximum Gasteiger partial charge on any atom is 0.422 e. The van der Waals surface area contributed by atoms with Crippen molar-refractivity contribution in [2.75, 3.05) is 4.72 Å². The molecule has 4 N–H and O–H groups in total. The minimum absolute atomic E-state index is 0.00685. The number of nitrogens with one attached hydrogen (secondary N) is 2. The van der Waals surface area contributed by atoms with Gasteiger partial charge in [-0.25, -0.2) is 13.9 Å². The Balaban J connectivity index is 2.94. The van der Waals surface area contributed by atoms with Crippen molar-refractivity contribution in [1.82, 2.24) is 4.72 Å². The number of anilines is 1. The lowest BCUT2D eigenvalue weighted by Crippen LogP contribution is -2.37. The lowest BCUT2D eigenvalue weighted by molar-refractivity contribution is 0.121. The molecule has 0 aliphatic rings. The average molecular weight is 335 g/mol. The fourth-order valence-electron chi connectivity index (χ4n) is 1.33. The fraction of sp³-hybridized carbons (Fsp3) is 0.273. The molecule has 1 aromatic rings. The molecule has 1 rings (SSSR count). The highest BCUT2D eigenvalue weighted by Crippen LogP contribution is 2.18. The molecule has 0 bridgehead atoms. The van der Waals surface area contributed by atoms with Crippen LogP contribution in [0.3, 0.4) is 0 Å². The Bertz CT molecular complexity index is 661. The Morgan fingerprint density at radius 1 is 1.43 bits per heavy atom. The molecule has 1 amide bonds. The van der Waals surface area contributed by atoms with Gasteiger partial charge in [0.15, 0.2) is 0 Å². The lowest BCUT2D eigenvalue weighted by atomic mass is 10.2. The molecule has 0 aromatic heterocycles. The molecule has 0 radical (unpaired) electrons. The summed E-state index contributed by atoms with van der Waals surface area (Å²) in [4.78, 5) is 11.1. The van der Waals surface area contributed by atoms with Gasteiger partial charge >= 0.3 is 16.3 Å². The Morgan fingerprint density at radius 3 is 2.57 bits per heavy atom. The van der Waals surface area contributed by atoms with E-state index in [1.54, 1.807) is 18.6 Å². The molecule has 10 heteroatoms. The van der Waals surface area contributed by atoms with Crippen LogP contribution in [0.4, 0.5) is 14.9 Å². The summed E-state index contributed by atoms with van der Waals surface area (Å²) in [6.07, 6.45) is -1.63. The van der Waals surface area contributed by atoms with Crippen molar-refractivity contribution >= 4 is 39.2 Å². The molecule has 21 heavy (non-hydrogen) atoms. The number of thiocarbonyl (C=S) groups is 1. The Labute approximate surface area is 126 Å². The first-order valence-electron chi connectivity index (χ1n) is 5.71. The molecule has 0 atom stereocenters. The van der Waals surface area contributed by atoms with Crippen LogP contribution in [0, 0.1) is 5.82 Å². The third-order valence-electron chi connectivity index (χ3n) is 2.05. The van der Waals surface area contributed by atoms with Crippen molar-refractivity contribution in [2.24, 2.45) is 5.73 Å². The third kappa shape index (κ3) is 5.52. The van der Waals surface area contributed by atoms with Crippen molar-refractivity contribution in [3.63, 3.8) is 0 Å². The number of hydrogen-bond acceptors (Lipinski definition) is 5. The summed E-state index contributed by atoms with van der Waals surface area (Å²) in [5, 5.41) is 0. The highest BCUT2D eigenvalue weighted by Gasteiger charge is 2.18. The Hall–Kier alpha value is -1.94. The van der Waals surface area contributed by atoms with E-state index in [0.29, 0.717) is 0 Å². The molecule has 7 nitrogen and oxygen atoms in total. The summed E-state index contributed by atoms with van der Waals surface area (Å²) >= 11 is 4.71. The molecule has 0 aliphatic carbocycles. The Kier molecular flexibility index (Phi) is 5.44. The van der Waals surface area contributed by atoms with Gasteiger partial charge < -0.3 is 10.5 Å². The van der Waals surface area contributed by atoms with Crippen LogP contribution >= 0.6 is 12.2 Å².